The van der Waals surface area contributed by atoms with Crippen molar-refractivity contribution in [2.24, 2.45) is 5.73 Å². The zero-order chi connectivity index (χ0) is 12.3. The van der Waals surface area contributed by atoms with E-state index < -0.39 is 27.6 Å². The van der Waals surface area contributed by atoms with Crippen LogP contribution >= 0.6 is 15.9 Å². The number of carbonyl (C=O) groups is 1. The van der Waals surface area contributed by atoms with Crippen molar-refractivity contribution in [2.45, 2.75) is 10.1 Å². The molecule has 0 fully saturated rings. The maximum atomic E-state index is 11.9. The van der Waals surface area contributed by atoms with Gasteiger partial charge in [-0.15, -0.1) is 0 Å². The molecule has 1 aromatic carbocycles. The van der Waals surface area contributed by atoms with E-state index in [2.05, 4.69) is 15.9 Å². The highest BCUT2D eigenvalue weighted by Gasteiger charge is 2.32. The lowest BCUT2D eigenvalue weighted by Crippen LogP contribution is -2.37. The molecule has 0 saturated heterocycles. The van der Waals surface area contributed by atoms with Gasteiger partial charge in [-0.2, -0.15) is 0 Å². The molecule has 0 bridgehead atoms. The van der Waals surface area contributed by atoms with Crippen LogP contribution < -0.4 is 5.73 Å². The van der Waals surface area contributed by atoms with Crippen LogP contribution in [0.4, 0.5) is 0 Å². The van der Waals surface area contributed by atoms with Gasteiger partial charge in [0, 0.05) is 11.0 Å². The number of rotatable bonds is 4. The van der Waals surface area contributed by atoms with Gasteiger partial charge in [0.15, 0.2) is 15.1 Å². The maximum absolute atomic E-state index is 11.9. The number of nitrogens with two attached hydrogens (primary N) is 1. The van der Waals surface area contributed by atoms with Crippen LogP contribution in [-0.2, 0) is 14.6 Å². The molecular weight excluding hydrogens is 298 g/mol. The van der Waals surface area contributed by atoms with E-state index in [1.807, 2.05) is 0 Å². The largest absolute Gasteiger partial charge is 0.480 e. The Bertz CT molecular complexity index is 500. The normalized spacial score (nSPS) is 13.4. The van der Waals surface area contributed by atoms with E-state index in [1.54, 1.807) is 6.07 Å². The Labute approximate surface area is 101 Å². The van der Waals surface area contributed by atoms with Crippen LogP contribution in [0.2, 0.25) is 0 Å². The quantitative estimate of drug-likeness (QED) is 0.850. The van der Waals surface area contributed by atoms with Gasteiger partial charge in [-0.25, -0.2) is 8.42 Å². The minimum atomic E-state index is -3.93. The Morgan fingerprint density at radius 2 is 2.12 bits per heavy atom. The number of carboxylic acids is 1. The van der Waals surface area contributed by atoms with E-state index in [1.165, 1.54) is 18.2 Å². The van der Waals surface area contributed by atoms with Crippen molar-refractivity contribution in [1.29, 1.82) is 0 Å². The van der Waals surface area contributed by atoms with Gasteiger partial charge in [0.2, 0.25) is 0 Å². The Hall–Kier alpha value is -0.920. The third-order valence-electron chi connectivity index (χ3n) is 1.99. The Kier molecular flexibility index (Phi) is 4.06. The highest BCUT2D eigenvalue weighted by molar-refractivity contribution is 9.10. The van der Waals surface area contributed by atoms with Crippen LogP contribution in [0.3, 0.4) is 0 Å². The molecule has 0 radical (unpaired) electrons. The first-order valence-electron chi connectivity index (χ1n) is 4.32. The molecule has 1 atom stereocenters. The first kappa shape index (κ1) is 13.1. The second-order valence-electron chi connectivity index (χ2n) is 3.06. The number of sulfone groups is 1. The number of hydrogen-bond donors (Lipinski definition) is 2. The first-order valence-corrected chi connectivity index (χ1v) is 6.66. The predicted octanol–water partition coefficient (Wildman–Crippen LogP) is 0.635. The second kappa shape index (κ2) is 4.94. The molecule has 1 rings (SSSR count). The number of halogens is 1. The van der Waals surface area contributed by atoms with Crippen molar-refractivity contribution in [3.8, 4) is 0 Å². The van der Waals surface area contributed by atoms with Crippen molar-refractivity contribution < 1.29 is 18.3 Å². The third-order valence-corrected chi connectivity index (χ3v) is 4.54. The molecular formula is C9H10BrNO4S. The van der Waals surface area contributed by atoms with E-state index in [4.69, 9.17) is 10.8 Å². The average molecular weight is 308 g/mol. The molecule has 0 saturated carbocycles. The number of aliphatic carboxylic acids is 1. The van der Waals surface area contributed by atoms with Gasteiger partial charge in [-0.05, 0) is 18.2 Å². The van der Waals surface area contributed by atoms with E-state index in [0.717, 1.165) is 0 Å². The second-order valence-corrected chi connectivity index (χ2v) is 6.11. The Morgan fingerprint density at radius 3 is 2.56 bits per heavy atom. The molecule has 88 valence electrons. The summed E-state index contributed by atoms with van der Waals surface area (Å²) in [6, 6.07) is 5.86. The highest BCUT2D eigenvalue weighted by atomic mass is 79.9. The van der Waals surface area contributed by atoms with E-state index in [9.17, 15) is 13.2 Å². The van der Waals surface area contributed by atoms with E-state index >= 15 is 0 Å². The van der Waals surface area contributed by atoms with E-state index in [0.29, 0.717) is 4.47 Å². The van der Waals surface area contributed by atoms with Crippen LogP contribution in [0.1, 0.15) is 0 Å². The van der Waals surface area contributed by atoms with Crippen LogP contribution in [0.25, 0.3) is 0 Å². The molecule has 7 heteroatoms. The van der Waals surface area contributed by atoms with Crippen molar-refractivity contribution >= 4 is 31.7 Å². The Balaban J connectivity index is 3.25. The SMILES string of the molecule is NCC(C(=O)O)S(=O)(=O)c1cccc(Br)c1. The van der Waals surface area contributed by atoms with Crippen molar-refractivity contribution in [2.75, 3.05) is 6.54 Å². The average Bonchev–Trinajstić information content (AvgIpc) is 2.17. The van der Waals surface area contributed by atoms with E-state index in [-0.39, 0.29) is 4.90 Å². The molecule has 3 N–H and O–H groups in total. The predicted molar refractivity (Wildman–Crippen MR) is 61.8 cm³/mol. The molecule has 16 heavy (non-hydrogen) atoms. The number of carboxylic acid groups (broad SMARTS) is 1. The lowest BCUT2D eigenvalue weighted by atomic mass is 10.4. The summed E-state index contributed by atoms with van der Waals surface area (Å²) in [4.78, 5) is 10.7. The maximum Gasteiger partial charge on any atom is 0.323 e. The van der Waals surface area contributed by atoms with Gasteiger partial charge < -0.3 is 10.8 Å². The van der Waals surface area contributed by atoms with Crippen molar-refractivity contribution in [3.05, 3.63) is 28.7 Å². The molecule has 1 unspecified atom stereocenters. The topological polar surface area (TPSA) is 97.5 Å². The summed E-state index contributed by atoms with van der Waals surface area (Å²) in [5.41, 5.74) is 5.16. The van der Waals surface area contributed by atoms with Gasteiger partial charge in [0.1, 0.15) is 0 Å². The summed E-state index contributed by atoms with van der Waals surface area (Å²) in [5, 5.41) is 7.16. The first-order chi connectivity index (χ1) is 7.39. The fraction of sp³-hybridized carbons (Fsp3) is 0.222. The van der Waals surface area contributed by atoms with Crippen LogP contribution in [0.15, 0.2) is 33.6 Å². The minimum Gasteiger partial charge on any atom is -0.480 e. The van der Waals surface area contributed by atoms with Gasteiger partial charge in [-0.3, -0.25) is 4.79 Å². The zero-order valence-corrected chi connectivity index (χ0v) is 10.5. The summed E-state index contributed by atoms with van der Waals surface area (Å²) in [5.74, 6) is -1.44. The number of hydrogen-bond acceptors (Lipinski definition) is 4. The lowest BCUT2D eigenvalue weighted by molar-refractivity contribution is -0.136. The Morgan fingerprint density at radius 1 is 1.50 bits per heavy atom. The summed E-state index contributed by atoms with van der Waals surface area (Å²) in [7, 11) is -3.93. The molecule has 0 amide bonds. The van der Waals surface area contributed by atoms with Gasteiger partial charge in [0.25, 0.3) is 0 Å². The van der Waals surface area contributed by atoms with Gasteiger partial charge >= 0.3 is 5.97 Å². The minimum absolute atomic E-state index is 0.0558. The molecule has 5 nitrogen and oxygen atoms in total. The van der Waals surface area contributed by atoms with Gasteiger partial charge in [0.05, 0.1) is 4.90 Å². The number of benzene rings is 1. The van der Waals surface area contributed by atoms with Crippen LogP contribution in [-0.4, -0.2) is 31.3 Å². The smallest absolute Gasteiger partial charge is 0.323 e. The molecule has 0 aromatic heterocycles. The fourth-order valence-electron chi connectivity index (χ4n) is 1.17. The molecule has 0 aliphatic rings. The molecule has 1 aromatic rings. The van der Waals surface area contributed by atoms with Crippen LogP contribution in [0, 0.1) is 0 Å². The summed E-state index contributed by atoms with van der Waals surface area (Å²) in [6.45, 7) is -0.454. The molecule has 0 aliphatic carbocycles. The van der Waals surface area contributed by atoms with Crippen molar-refractivity contribution in [1.82, 2.24) is 0 Å². The van der Waals surface area contributed by atoms with Gasteiger partial charge in [-0.1, -0.05) is 22.0 Å². The zero-order valence-electron chi connectivity index (χ0n) is 8.13. The summed E-state index contributed by atoms with van der Waals surface area (Å²) < 4.78 is 24.3. The summed E-state index contributed by atoms with van der Waals surface area (Å²) >= 11 is 3.12. The summed E-state index contributed by atoms with van der Waals surface area (Å²) in [6.07, 6.45) is 0. The third kappa shape index (κ3) is 2.60. The highest BCUT2D eigenvalue weighted by Crippen LogP contribution is 2.20. The molecule has 0 heterocycles. The standard InChI is InChI=1S/C9H10BrNO4S/c10-6-2-1-3-7(4-6)16(14,15)8(5-11)9(12)13/h1-4,8H,5,11H2,(H,12,13). The van der Waals surface area contributed by atoms with Crippen LogP contribution in [0.5, 0.6) is 0 Å². The lowest BCUT2D eigenvalue weighted by Gasteiger charge is -2.11. The van der Waals surface area contributed by atoms with Crippen molar-refractivity contribution in [3.63, 3.8) is 0 Å². The fourth-order valence-corrected chi connectivity index (χ4v) is 3.13. The monoisotopic (exact) mass is 307 g/mol. The molecule has 0 aliphatic heterocycles. The molecule has 0 spiro atoms.